The molecule has 1 aliphatic rings. The summed E-state index contributed by atoms with van der Waals surface area (Å²) >= 11 is 5.79. The van der Waals surface area contributed by atoms with E-state index >= 15 is 0 Å². The number of amides is 4. The van der Waals surface area contributed by atoms with Gasteiger partial charge < -0.3 is 25.4 Å². The number of fused-ring (bicyclic) bond motifs is 1. The summed E-state index contributed by atoms with van der Waals surface area (Å²) in [6, 6.07) is 7.88. The highest BCUT2D eigenvalue weighted by molar-refractivity contribution is 6.30. The number of alkyl halides is 1. The number of benzene rings is 2. The Morgan fingerprint density at radius 1 is 1.13 bits per heavy atom. The SMILES string of the molecule is CCNC(=O)Nc1ccc2c(c1)c(C(C)=O)cn2CC(=O)N1C[C@H](F)C[C@H]1C(=O)NCc1cccc(Cl)c1F. The molecule has 0 aliphatic carbocycles. The van der Waals surface area contributed by atoms with Crippen LogP contribution in [0.5, 0.6) is 0 Å². The van der Waals surface area contributed by atoms with E-state index in [0.717, 1.165) is 0 Å². The van der Waals surface area contributed by atoms with Gasteiger partial charge in [0.2, 0.25) is 11.8 Å². The topological polar surface area (TPSA) is 113 Å². The molecule has 206 valence electrons. The molecule has 4 amide bonds. The molecule has 0 spiro atoms. The van der Waals surface area contributed by atoms with E-state index in [9.17, 15) is 28.0 Å². The van der Waals surface area contributed by atoms with Crippen LogP contribution in [0.15, 0.2) is 42.6 Å². The van der Waals surface area contributed by atoms with Crippen molar-refractivity contribution in [2.75, 3.05) is 18.4 Å². The maximum atomic E-state index is 14.4. The Balaban J connectivity index is 1.52. The molecule has 2 atom stereocenters. The monoisotopic (exact) mass is 559 g/mol. The van der Waals surface area contributed by atoms with E-state index in [1.54, 1.807) is 35.8 Å². The van der Waals surface area contributed by atoms with Gasteiger partial charge in [-0.2, -0.15) is 0 Å². The molecule has 1 fully saturated rings. The van der Waals surface area contributed by atoms with Crippen molar-refractivity contribution in [2.45, 2.75) is 45.6 Å². The number of anilines is 1. The van der Waals surface area contributed by atoms with Crippen LogP contribution < -0.4 is 16.0 Å². The molecule has 1 aliphatic heterocycles. The van der Waals surface area contributed by atoms with Gasteiger partial charge in [-0.25, -0.2) is 13.6 Å². The van der Waals surface area contributed by atoms with Crippen molar-refractivity contribution >= 4 is 51.8 Å². The highest BCUT2D eigenvalue weighted by Gasteiger charge is 2.39. The zero-order valence-electron chi connectivity index (χ0n) is 21.4. The first kappa shape index (κ1) is 28.0. The molecule has 1 saturated heterocycles. The number of Topliss-reactive ketones (excluding diaryl/α,β-unsaturated/α-hetero) is 1. The lowest BCUT2D eigenvalue weighted by Crippen LogP contribution is -2.46. The van der Waals surface area contributed by atoms with Crippen molar-refractivity contribution < 1.29 is 28.0 Å². The fraction of sp³-hybridized carbons (Fsp3) is 0.333. The van der Waals surface area contributed by atoms with Gasteiger partial charge in [0, 0.05) is 53.4 Å². The summed E-state index contributed by atoms with van der Waals surface area (Å²) in [6.45, 7) is 2.94. The van der Waals surface area contributed by atoms with Gasteiger partial charge in [0.1, 0.15) is 24.6 Å². The van der Waals surface area contributed by atoms with Gasteiger partial charge >= 0.3 is 6.03 Å². The summed E-state index contributed by atoms with van der Waals surface area (Å²) in [5.41, 5.74) is 1.54. The molecular weight excluding hydrogens is 532 g/mol. The van der Waals surface area contributed by atoms with E-state index in [1.807, 2.05) is 0 Å². The summed E-state index contributed by atoms with van der Waals surface area (Å²) in [5, 5.41) is 8.33. The number of carbonyl (C=O) groups is 4. The first-order valence-corrected chi connectivity index (χ1v) is 12.8. The second-order valence-electron chi connectivity index (χ2n) is 9.27. The van der Waals surface area contributed by atoms with Crippen LogP contribution in [0.2, 0.25) is 5.02 Å². The molecule has 2 heterocycles. The molecular formula is C27H28ClF2N5O4. The van der Waals surface area contributed by atoms with Gasteiger partial charge in [0.05, 0.1) is 11.6 Å². The Hall–Kier alpha value is -3.99. The Labute approximate surface area is 228 Å². The third-order valence-electron chi connectivity index (χ3n) is 6.52. The molecule has 9 nitrogen and oxygen atoms in total. The maximum absolute atomic E-state index is 14.4. The van der Waals surface area contributed by atoms with E-state index in [-0.39, 0.29) is 42.4 Å². The lowest BCUT2D eigenvalue weighted by Gasteiger charge is -2.24. The van der Waals surface area contributed by atoms with Crippen molar-refractivity contribution in [3.05, 3.63) is 64.6 Å². The van der Waals surface area contributed by atoms with Crippen molar-refractivity contribution in [3.63, 3.8) is 0 Å². The van der Waals surface area contributed by atoms with Crippen LogP contribution in [0, 0.1) is 5.82 Å². The van der Waals surface area contributed by atoms with E-state index in [4.69, 9.17) is 11.6 Å². The second-order valence-corrected chi connectivity index (χ2v) is 9.68. The standard InChI is InChI=1S/C27H28ClF2N5O4/c1-3-31-27(39)33-18-7-8-22-19(10-18)20(15(2)36)13-34(22)14-24(37)35-12-17(29)9-23(35)26(38)32-11-16-5-4-6-21(28)25(16)30/h4-8,10,13,17,23H,3,9,11-12,14H2,1-2H3,(H,32,38)(H2,31,33,39)/t17-,23+/m1/s1. The number of rotatable bonds is 8. The molecule has 0 bridgehead atoms. The van der Waals surface area contributed by atoms with Crippen LogP contribution in [0.25, 0.3) is 10.9 Å². The molecule has 3 N–H and O–H groups in total. The fourth-order valence-electron chi connectivity index (χ4n) is 4.65. The minimum absolute atomic E-state index is 0.0840. The van der Waals surface area contributed by atoms with Gasteiger partial charge in [0.25, 0.3) is 0 Å². The average Bonchev–Trinajstić information content (AvgIpc) is 3.45. The van der Waals surface area contributed by atoms with Crippen LogP contribution in [-0.2, 0) is 22.7 Å². The van der Waals surface area contributed by atoms with Gasteiger partial charge in [-0.15, -0.1) is 0 Å². The summed E-state index contributed by atoms with van der Waals surface area (Å²) in [7, 11) is 0. The lowest BCUT2D eigenvalue weighted by molar-refractivity contribution is -0.139. The first-order valence-electron chi connectivity index (χ1n) is 12.4. The third-order valence-corrected chi connectivity index (χ3v) is 6.81. The minimum atomic E-state index is -1.40. The molecule has 4 rings (SSSR count). The zero-order valence-corrected chi connectivity index (χ0v) is 22.1. The number of halogens is 3. The summed E-state index contributed by atoms with van der Waals surface area (Å²) in [4.78, 5) is 51.6. The van der Waals surface area contributed by atoms with Crippen molar-refractivity contribution in [1.82, 2.24) is 20.1 Å². The number of ketones is 1. The van der Waals surface area contributed by atoms with Gasteiger partial charge in [-0.1, -0.05) is 23.7 Å². The Kier molecular flexibility index (Phi) is 8.49. The van der Waals surface area contributed by atoms with Crippen LogP contribution in [0.4, 0.5) is 19.3 Å². The summed E-state index contributed by atoms with van der Waals surface area (Å²) in [6.07, 6.45) is -0.0548. The molecule has 0 radical (unpaired) electrons. The molecule has 0 unspecified atom stereocenters. The molecule has 12 heteroatoms. The van der Waals surface area contributed by atoms with E-state index in [2.05, 4.69) is 16.0 Å². The zero-order chi connectivity index (χ0) is 28.3. The predicted molar refractivity (Wildman–Crippen MR) is 143 cm³/mol. The Morgan fingerprint density at radius 3 is 2.62 bits per heavy atom. The van der Waals surface area contributed by atoms with Crippen LogP contribution >= 0.6 is 11.6 Å². The number of likely N-dealkylation sites (tertiary alicyclic amines) is 1. The van der Waals surface area contributed by atoms with Crippen LogP contribution in [0.3, 0.4) is 0 Å². The second kappa shape index (κ2) is 11.8. The number of urea groups is 1. The fourth-order valence-corrected chi connectivity index (χ4v) is 4.85. The number of nitrogens with one attached hydrogen (secondary N) is 3. The third kappa shape index (κ3) is 6.19. The number of hydrogen-bond donors (Lipinski definition) is 3. The van der Waals surface area contributed by atoms with E-state index in [0.29, 0.717) is 28.7 Å². The highest BCUT2D eigenvalue weighted by atomic mass is 35.5. The quantitative estimate of drug-likeness (QED) is 0.362. The minimum Gasteiger partial charge on any atom is -0.350 e. The molecule has 1 aromatic heterocycles. The normalized spacial score (nSPS) is 16.8. The highest BCUT2D eigenvalue weighted by Crippen LogP contribution is 2.27. The summed E-state index contributed by atoms with van der Waals surface area (Å²) < 4.78 is 30.1. The first-order chi connectivity index (χ1) is 18.6. The van der Waals surface area contributed by atoms with E-state index < -0.39 is 35.9 Å². The van der Waals surface area contributed by atoms with Crippen molar-refractivity contribution in [2.24, 2.45) is 0 Å². The number of nitrogens with zero attached hydrogens (tertiary/aromatic N) is 2. The molecule has 39 heavy (non-hydrogen) atoms. The van der Waals surface area contributed by atoms with E-state index in [1.165, 1.54) is 30.2 Å². The number of hydrogen-bond acceptors (Lipinski definition) is 4. The largest absolute Gasteiger partial charge is 0.350 e. The van der Waals surface area contributed by atoms with Gasteiger partial charge in [-0.3, -0.25) is 14.4 Å². The number of carbonyl (C=O) groups excluding carboxylic acids is 4. The molecule has 0 saturated carbocycles. The average molecular weight is 560 g/mol. The number of aromatic nitrogens is 1. The van der Waals surface area contributed by atoms with Gasteiger partial charge in [0.15, 0.2) is 5.78 Å². The molecule has 2 aromatic carbocycles. The van der Waals surface area contributed by atoms with Crippen molar-refractivity contribution in [3.8, 4) is 0 Å². The Morgan fingerprint density at radius 2 is 1.90 bits per heavy atom. The summed E-state index contributed by atoms with van der Waals surface area (Å²) in [5.74, 6) is -2.02. The smallest absolute Gasteiger partial charge is 0.319 e. The lowest BCUT2D eigenvalue weighted by atomic mass is 10.1. The maximum Gasteiger partial charge on any atom is 0.319 e. The van der Waals surface area contributed by atoms with Crippen molar-refractivity contribution in [1.29, 1.82) is 0 Å². The Bertz CT molecular complexity index is 1440. The predicted octanol–water partition coefficient (Wildman–Crippen LogP) is 4.03. The van der Waals surface area contributed by atoms with Gasteiger partial charge in [-0.05, 0) is 38.1 Å². The van der Waals surface area contributed by atoms with Crippen LogP contribution in [-0.4, -0.2) is 58.4 Å². The van der Waals surface area contributed by atoms with Crippen LogP contribution in [0.1, 0.15) is 36.2 Å². The molecule has 3 aromatic rings.